The lowest BCUT2D eigenvalue weighted by Crippen LogP contribution is -2.30. The fraction of sp³-hybridized carbons (Fsp3) is 0.353. The molecular formula is C17H21NO3. The lowest BCUT2D eigenvalue weighted by atomic mass is 9.97. The zero-order valence-electron chi connectivity index (χ0n) is 12.7. The van der Waals surface area contributed by atoms with Crippen LogP contribution in [0.2, 0.25) is 0 Å². The highest BCUT2D eigenvalue weighted by molar-refractivity contribution is 5.88. The number of methoxy groups -OCH3 is 2. The molecule has 0 saturated heterocycles. The van der Waals surface area contributed by atoms with E-state index < -0.39 is 0 Å². The normalized spacial score (nSPS) is 12.1. The number of ether oxygens (including phenoxy) is 2. The molecule has 0 spiro atoms. The Hall–Kier alpha value is -2.07. The number of carbonyl (C=O) groups excluding carboxylic acids is 1. The number of fused-ring (bicyclic) bond motifs is 1. The van der Waals surface area contributed by atoms with Gasteiger partial charge in [-0.15, -0.1) is 0 Å². The number of benzene rings is 2. The molecule has 2 aromatic rings. The summed E-state index contributed by atoms with van der Waals surface area (Å²) in [6.45, 7) is 2.97. The molecule has 0 aromatic heterocycles. The molecule has 0 saturated carbocycles. The van der Waals surface area contributed by atoms with Crippen molar-refractivity contribution < 1.29 is 14.3 Å². The van der Waals surface area contributed by atoms with E-state index in [1.165, 1.54) is 0 Å². The van der Waals surface area contributed by atoms with E-state index in [2.05, 4.69) is 11.4 Å². The molecule has 0 aliphatic rings. The van der Waals surface area contributed by atoms with Crippen LogP contribution >= 0.6 is 0 Å². The molecule has 1 N–H and O–H groups in total. The molecule has 0 bridgehead atoms. The van der Waals surface area contributed by atoms with Crippen LogP contribution in [-0.2, 0) is 9.53 Å². The largest absolute Gasteiger partial charge is 0.497 e. The number of rotatable bonds is 6. The second-order valence-electron chi connectivity index (χ2n) is 4.98. The van der Waals surface area contributed by atoms with Crippen molar-refractivity contribution >= 4 is 16.7 Å². The Morgan fingerprint density at radius 1 is 1.14 bits per heavy atom. The lowest BCUT2D eigenvalue weighted by Gasteiger charge is -2.13. The van der Waals surface area contributed by atoms with Gasteiger partial charge in [0.1, 0.15) is 5.75 Å². The number of amides is 1. The van der Waals surface area contributed by atoms with E-state index in [1.807, 2.05) is 37.3 Å². The van der Waals surface area contributed by atoms with E-state index in [1.54, 1.807) is 14.2 Å². The molecule has 0 fully saturated rings. The van der Waals surface area contributed by atoms with Crippen LogP contribution in [0.4, 0.5) is 0 Å². The number of hydrogen-bond donors (Lipinski definition) is 1. The van der Waals surface area contributed by atoms with Crippen molar-refractivity contribution in [2.75, 3.05) is 27.4 Å². The van der Waals surface area contributed by atoms with Gasteiger partial charge in [-0.2, -0.15) is 0 Å². The molecule has 21 heavy (non-hydrogen) atoms. The molecule has 2 rings (SSSR count). The van der Waals surface area contributed by atoms with Crippen LogP contribution in [0.15, 0.2) is 36.4 Å². The van der Waals surface area contributed by atoms with E-state index in [0.717, 1.165) is 22.1 Å². The summed E-state index contributed by atoms with van der Waals surface area (Å²) >= 11 is 0. The van der Waals surface area contributed by atoms with Gasteiger partial charge in [0.2, 0.25) is 5.91 Å². The van der Waals surface area contributed by atoms with Gasteiger partial charge in [0.15, 0.2) is 0 Å². The molecule has 4 nitrogen and oxygen atoms in total. The average Bonchev–Trinajstić information content (AvgIpc) is 2.53. The van der Waals surface area contributed by atoms with Crippen LogP contribution in [0.5, 0.6) is 5.75 Å². The zero-order chi connectivity index (χ0) is 15.2. The molecule has 1 amide bonds. The summed E-state index contributed by atoms with van der Waals surface area (Å²) in [5.41, 5.74) is 1.00. The summed E-state index contributed by atoms with van der Waals surface area (Å²) in [4.78, 5) is 12.1. The third kappa shape index (κ3) is 3.73. The van der Waals surface area contributed by atoms with Crippen molar-refractivity contribution in [2.24, 2.45) is 0 Å². The average molecular weight is 287 g/mol. The van der Waals surface area contributed by atoms with Crippen molar-refractivity contribution in [3.8, 4) is 5.75 Å². The van der Waals surface area contributed by atoms with E-state index in [4.69, 9.17) is 9.47 Å². The summed E-state index contributed by atoms with van der Waals surface area (Å²) < 4.78 is 10.1. The van der Waals surface area contributed by atoms with Gasteiger partial charge in [0.05, 0.1) is 19.6 Å². The van der Waals surface area contributed by atoms with Gasteiger partial charge in [0, 0.05) is 13.7 Å². The first-order valence-corrected chi connectivity index (χ1v) is 7.00. The second-order valence-corrected chi connectivity index (χ2v) is 4.98. The topological polar surface area (TPSA) is 47.6 Å². The first-order valence-electron chi connectivity index (χ1n) is 7.00. The highest BCUT2D eigenvalue weighted by atomic mass is 16.5. The Kier molecular flexibility index (Phi) is 5.17. The van der Waals surface area contributed by atoms with Crippen molar-refractivity contribution in [2.45, 2.75) is 12.8 Å². The Bertz CT molecular complexity index is 624. The number of nitrogens with one attached hydrogen (secondary N) is 1. The van der Waals surface area contributed by atoms with Crippen molar-refractivity contribution in [3.05, 3.63) is 42.0 Å². The summed E-state index contributed by atoms with van der Waals surface area (Å²) in [7, 11) is 3.27. The maximum Gasteiger partial charge on any atom is 0.227 e. The Balaban J connectivity index is 2.16. The standard InChI is InChI=1S/C17H21NO3/c1-12(17(19)18-8-9-20-2)13-4-5-15-11-16(21-3)7-6-14(15)10-13/h4-7,10-12H,8-9H2,1-3H3,(H,18,19)/t12-/m1/s1. The minimum Gasteiger partial charge on any atom is -0.497 e. The highest BCUT2D eigenvalue weighted by Gasteiger charge is 2.15. The molecule has 4 heteroatoms. The van der Waals surface area contributed by atoms with Crippen LogP contribution in [0.25, 0.3) is 10.8 Å². The molecule has 0 unspecified atom stereocenters. The fourth-order valence-electron chi connectivity index (χ4n) is 2.22. The molecule has 0 radical (unpaired) electrons. The first-order chi connectivity index (χ1) is 10.2. The predicted molar refractivity (Wildman–Crippen MR) is 83.8 cm³/mol. The van der Waals surface area contributed by atoms with E-state index >= 15 is 0 Å². The van der Waals surface area contributed by atoms with Gasteiger partial charge in [-0.3, -0.25) is 4.79 Å². The van der Waals surface area contributed by atoms with E-state index in [-0.39, 0.29) is 11.8 Å². The maximum atomic E-state index is 12.1. The van der Waals surface area contributed by atoms with Crippen molar-refractivity contribution in [1.82, 2.24) is 5.32 Å². The fourth-order valence-corrected chi connectivity index (χ4v) is 2.22. The van der Waals surface area contributed by atoms with Crippen molar-refractivity contribution in [1.29, 1.82) is 0 Å². The molecule has 2 aromatic carbocycles. The van der Waals surface area contributed by atoms with Gasteiger partial charge >= 0.3 is 0 Å². The zero-order valence-corrected chi connectivity index (χ0v) is 12.7. The molecule has 112 valence electrons. The van der Waals surface area contributed by atoms with E-state index in [0.29, 0.717) is 13.2 Å². The number of carbonyl (C=O) groups is 1. The Morgan fingerprint density at radius 2 is 1.86 bits per heavy atom. The molecular weight excluding hydrogens is 266 g/mol. The van der Waals surface area contributed by atoms with Gasteiger partial charge < -0.3 is 14.8 Å². The Morgan fingerprint density at radius 3 is 2.57 bits per heavy atom. The highest BCUT2D eigenvalue weighted by Crippen LogP contribution is 2.25. The summed E-state index contributed by atoms with van der Waals surface area (Å²) in [5, 5.41) is 5.07. The summed E-state index contributed by atoms with van der Waals surface area (Å²) in [6.07, 6.45) is 0. The molecule has 0 heterocycles. The third-order valence-corrected chi connectivity index (χ3v) is 3.57. The van der Waals surface area contributed by atoms with Gasteiger partial charge in [-0.25, -0.2) is 0 Å². The molecule has 1 atom stereocenters. The SMILES string of the molecule is COCCNC(=O)[C@H](C)c1ccc2cc(OC)ccc2c1. The van der Waals surface area contributed by atoms with Gasteiger partial charge in [-0.1, -0.05) is 24.3 Å². The van der Waals surface area contributed by atoms with Crippen LogP contribution in [0.3, 0.4) is 0 Å². The first kappa shape index (κ1) is 15.3. The smallest absolute Gasteiger partial charge is 0.227 e. The quantitative estimate of drug-likeness (QED) is 0.831. The third-order valence-electron chi connectivity index (χ3n) is 3.57. The maximum absolute atomic E-state index is 12.1. The summed E-state index contributed by atoms with van der Waals surface area (Å²) in [6, 6.07) is 12.0. The Labute approximate surface area is 125 Å². The van der Waals surface area contributed by atoms with E-state index in [9.17, 15) is 4.79 Å². The van der Waals surface area contributed by atoms with Crippen LogP contribution in [-0.4, -0.2) is 33.3 Å². The van der Waals surface area contributed by atoms with Crippen LogP contribution in [0, 0.1) is 0 Å². The van der Waals surface area contributed by atoms with Gasteiger partial charge in [-0.05, 0) is 35.4 Å². The lowest BCUT2D eigenvalue weighted by molar-refractivity contribution is -0.122. The van der Waals surface area contributed by atoms with Crippen LogP contribution in [0.1, 0.15) is 18.4 Å². The van der Waals surface area contributed by atoms with Gasteiger partial charge in [0.25, 0.3) is 0 Å². The molecule has 0 aliphatic carbocycles. The van der Waals surface area contributed by atoms with Crippen LogP contribution < -0.4 is 10.1 Å². The molecule has 0 aliphatic heterocycles. The predicted octanol–water partition coefficient (Wildman–Crippen LogP) is 2.71. The summed E-state index contributed by atoms with van der Waals surface area (Å²) in [5.74, 6) is 0.661. The van der Waals surface area contributed by atoms with Crippen molar-refractivity contribution in [3.63, 3.8) is 0 Å². The minimum absolute atomic E-state index is 0.0138. The minimum atomic E-state index is -0.187. The second kappa shape index (κ2) is 7.09. The monoisotopic (exact) mass is 287 g/mol. The number of hydrogen-bond acceptors (Lipinski definition) is 3.